The number of likely N-dealkylation sites (tertiary alicyclic amines) is 1. The zero-order valence-electron chi connectivity index (χ0n) is 23.9. The first-order chi connectivity index (χ1) is 17.8. The molecule has 0 aromatic carbocycles. The molecular weight excluding hydrogens is 515 g/mol. The van der Waals surface area contributed by atoms with E-state index in [1.54, 1.807) is 0 Å². The van der Waals surface area contributed by atoms with Crippen LogP contribution in [0.3, 0.4) is 0 Å². The molecule has 1 saturated carbocycles. The largest absolute Gasteiger partial charge is 0.470 e. The van der Waals surface area contributed by atoms with Gasteiger partial charge in [0.1, 0.15) is 6.04 Å². The summed E-state index contributed by atoms with van der Waals surface area (Å²) < 4.78 is 32.1. The Kier molecular flexibility index (Phi) is 11.6. The fourth-order valence-corrected chi connectivity index (χ4v) is 5.20. The third kappa shape index (κ3) is 9.86. The summed E-state index contributed by atoms with van der Waals surface area (Å²) in [7, 11) is 0. The van der Waals surface area contributed by atoms with E-state index in [0.29, 0.717) is 37.0 Å². The lowest BCUT2D eigenvalue weighted by Gasteiger charge is -2.23. The van der Waals surface area contributed by atoms with E-state index in [2.05, 4.69) is 55.9 Å². The number of rotatable bonds is 7. The number of carbonyl (C=O) groups excluding carboxylic acids is 4. The molecule has 4 amide bonds. The van der Waals surface area contributed by atoms with Crippen molar-refractivity contribution in [3.8, 4) is 6.07 Å². The van der Waals surface area contributed by atoms with Crippen LogP contribution in [0.15, 0.2) is 11.1 Å². The van der Waals surface area contributed by atoms with Crippen molar-refractivity contribution in [2.45, 2.75) is 91.9 Å². The fraction of sp³-hybridized carbons (Fsp3) is 0.741. The van der Waals surface area contributed by atoms with Crippen molar-refractivity contribution in [2.24, 2.45) is 28.9 Å². The molecule has 0 radical (unpaired) electrons. The second-order valence-electron chi connectivity index (χ2n) is 11.8. The Labute approximate surface area is 228 Å². The van der Waals surface area contributed by atoms with E-state index < -0.39 is 18.1 Å². The van der Waals surface area contributed by atoms with E-state index in [4.69, 9.17) is 10.1 Å². The molecule has 3 rings (SSSR count). The Hall–Kier alpha value is -3.10. The standard InChI is InChI=1S/C15H25NO.C10H15N3O2.C2H2F3NO/c1-6-11(10(2)3)7-14(17)16-8-12-13(9-16)15(12,4)5;1-10(2)4-7(9(15)13-10)3-8(5-11)12-6-14;3-2(4,5)1(6)7/h12-13H,6-9H2,1-5H3;6-8H,3-4H2,1-2H3,(H,12,14)(H,13,15);(H2,6,7). The average Bonchev–Trinajstić information content (AvgIpc) is 3.14. The van der Waals surface area contributed by atoms with E-state index in [1.807, 2.05) is 19.9 Å². The van der Waals surface area contributed by atoms with Crippen LogP contribution >= 0.6 is 0 Å². The third-order valence-electron chi connectivity index (χ3n) is 7.79. The number of hydrogen-bond acceptors (Lipinski definition) is 5. The Morgan fingerprint density at radius 3 is 2.08 bits per heavy atom. The summed E-state index contributed by atoms with van der Waals surface area (Å²) in [6.07, 6.45) is -1.65. The molecule has 4 unspecified atom stereocenters. The molecular formula is C27H42F3N5O4. The van der Waals surface area contributed by atoms with Crippen molar-refractivity contribution in [3.05, 3.63) is 11.1 Å². The van der Waals surface area contributed by atoms with Gasteiger partial charge in [-0.15, -0.1) is 0 Å². The minimum absolute atomic E-state index is 0.0343. The van der Waals surface area contributed by atoms with Crippen LogP contribution < -0.4 is 16.4 Å². The normalized spacial score (nSPS) is 24.3. The predicted molar refractivity (Wildman–Crippen MR) is 139 cm³/mol. The highest BCUT2D eigenvalue weighted by molar-refractivity contribution is 5.82. The molecule has 4 N–H and O–H groups in total. The highest BCUT2D eigenvalue weighted by atomic mass is 19.4. The Bertz CT molecular complexity index is 982. The maximum Gasteiger partial charge on any atom is 0.470 e. The van der Waals surface area contributed by atoms with Crippen LogP contribution in [0.25, 0.3) is 0 Å². The number of nitrogens with two attached hydrogens (primary N) is 1. The first kappa shape index (κ1) is 33.9. The smallest absolute Gasteiger partial charge is 0.362 e. The van der Waals surface area contributed by atoms with Gasteiger partial charge >= 0.3 is 12.1 Å². The zero-order valence-corrected chi connectivity index (χ0v) is 23.9. The van der Waals surface area contributed by atoms with Crippen molar-refractivity contribution < 1.29 is 32.3 Å². The van der Waals surface area contributed by atoms with E-state index in [-0.39, 0.29) is 17.4 Å². The molecule has 12 heteroatoms. The monoisotopic (exact) mass is 557 g/mol. The molecule has 2 saturated heterocycles. The van der Waals surface area contributed by atoms with Crippen LogP contribution in [-0.4, -0.2) is 59.9 Å². The topological polar surface area (TPSA) is 145 Å². The SMILES string of the molecule is CC1(C)CC(CC(C#N)NC=O)C(=O)N1.CCC(CC(=O)N1CC2C(C1)C2(C)C)=C(C)C.NC(=O)C(F)(F)F. The van der Waals surface area contributed by atoms with Gasteiger partial charge in [0.05, 0.1) is 6.07 Å². The first-order valence-corrected chi connectivity index (χ1v) is 13.0. The highest BCUT2D eigenvalue weighted by Crippen LogP contribution is 2.62. The van der Waals surface area contributed by atoms with Gasteiger partial charge in [-0.25, -0.2) is 0 Å². The number of nitrogens with one attached hydrogen (secondary N) is 2. The maximum atomic E-state index is 12.2. The lowest BCUT2D eigenvalue weighted by Crippen LogP contribution is -2.35. The van der Waals surface area contributed by atoms with Crippen molar-refractivity contribution in [1.82, 2.24) is 15.5 Å². The zero-order chi connectivity index (χ0) is 30.3. The number of primary amides is 1. The number of alkyl halides is 3. The molecule has 1 aliphatic carbocycles. The molecule has 2 heterocycles. The lowest BCUT2D eigenvalue weighted by atomic mass is 9.92. The summed E-state index contributed by atoms with van der Waals surface area (Å²) in [5, 5.41) is 14.0. The lowest BCUT2D eigenvalue weighted by molar-refractivity contribution is -0.169. The van der Waals surface area contributed by atoms with Gasteiger partial charge in [0, 0.05) is 31.0 Å². The third-order valence-corrected chi connectivity index (χ3v) is 7.79. The Balaban J connectivity index is 0.000000318. The molecule has 2 aliphatic heterocycles. The molecule has 39 heavy (non-hydrogen) atoms. The van der Waals surface area contributed by atoms with Crippen molar-refractivity contribution in [2.75, 3.05) is 13.1 Å². The summed E-state index contributed by atoms with van der Waals surface area (Å²) in [4.78, 5) is 45.1. The predicted octanol–water partition coefficient (Wildman–Crippen LogP) is 3.20. The molecule has 3 aliphatic rings. The van der Waals surface area contributed by atoms with Crippen molar-refractivity contribution >= 4 is 24.1 Å². The number of halogens is 3. The van der Waals surface area contributed by atoms with Crippen molar-refractivity contribution in [1.29, 1.82) is 5.26 Å². The summed E-state index contributed by atoms with van der Waals surface area (Å²) in [6, 6.07) is 1.38. The molecule has 0 aromatic heterocycles. The fourth-order valence-electron chi connectivity index (χ4n) is 5.20. The molecule has 0 spiro atoms. The number of nitrogens with zero attached hydrogens (tertiary/aromatic N) is 2. The summed E-state index contributed by atoms with van der Waals surface area (Å²) >= 11 is 0. The van der Waals surface area contributed by atoms with Gasteiger partial charge in [0.15, 0.2) is 0 Å². The van der Waals surface area contributed by atoms with Gasteiger partial charge in [-0.1, -0.05) is 31.9 Å². The van der Waals surface area contributed by atoms with Crippen LogP contribution in [0, 0.1) is 34.5 Å². The van der Waals surface area contributed by atoms with Gasteiger partial charge in [0.25, 0.3) is 0 Å². The number of piperidine rings is 1. The molecule has 4 atom stereocenters. The van der Waals surface area contributed by atoms with Gasteiger partial charge in [-0.2, -0.15) is 18.4 Å². The Morgan fingerprint density at radius 2 is 1.74 bits per heavy atom. The van der Waals surface area contributed by atoms with Crippen LogP contribution in [0.2, 0.25) is 0 Å². The number of carbonyl (C=O) groups is 4. The second kappa shape index (κ2) is 13.3. The maximum absolute atomic E-state index is 12.2. The van der Waals surface area contributed by atoms with Gasteiger partial charge in [-0.05, 0) is 64.2 Å². The number of allylic oxidation sites excluding steroid dienone is 1. The van der Waals surface area contributed by atoms with Crippen LogP contribution in [0.5, 0.6) is 0 Å². The number of amides is 4. The first-order valence-electron chi connectivity index (χ1n) is 13.0. The van der Waals surface area contributed by atoms with E-state index in [0.717, 1.165) is 31.3 Å². The van der Waals surface area contributed by atoms with Crippen LogP contribution in [0.4, 0.5) is 13.2 Å². The summed E-state index contributed by atoms with van der Waals surface area (Å²) in [5.74, 6) is -0.602. The number of nitriles is 1. The van der Waals surface area contributed by atoms with E-state index in [1.165, 1.54) is 11.1 Å². The molecule has 0 bridgehead atoms. The number of fused-ring (bicyclic) bond motifs is 1. The van der Waals surface area contributed by atoms with Crippen LogP contribution in [0.1, 0.15) is 74.1 Å². The summed E-state index contributed by atoms with van der Waals surface area (Å²) in [5.41, 5.74) is 6.73. The van der Waals surface area contributed by atoms with E-state index >= 15 is 0 Å². The summed E-state index contributed by atoms with van der Waals surface area (Å²) in [6.45, 7) is 16.9. The van der Waals surface area contributed by atoms with Crippen LogP contribution in [-0.2, 0) is 19.2 Å². The Morgan fingerprint density at radius 1 is 1.23 bits per heavy atom. The van der Waals surface area contributed by atoms with Gasteiger partial charge < -0.3 is 21.3 Å². The second-order valence-corrected chi connectivity index (χ2v) is 11.8. The average molecular weight is 558 g/mol. The van der Waals surface area contributed by atoms with Gasteiger partial charge in [-0.3, -0.25) is 19.2 Å². The number of hydrogen-bond donors (Lipinski definition) is 3. The van der Waals surface area contributed by atoms with E-state index in [9.17, 15) is 27.6 Å². The molecule has 3 fully saturated rings. The molecule has 0 aromatic rings. The highest BCUT2D eigenvalue weighted by Gasteiger charge is 2.62. The van der Waals surface area contributed by atoms with Crippen molar-refractivity contribution in [3.63, 3.8) is 0 Å². The molecule has 9 nitrogen and oxygen atoms in total. The molecule has 220 valence electrons. The minimum atomic E-state index is -4.86. The quantitative estimate of drug-likeness (QED) is 0.325. The minimum Gasteiger partial charge on any atom is -0.362 e. The van der Waals surface area contributed by atoms with Gasteiger partial charge in [0.2, 0.25) is 18.2 Å².